The molecule has 3 heteroatoms. The van der Waals surface area contributed by atoms with E-state index in [2.05, 4.69) is 37.9 Å². The maximum Gasteiger partial charge on any atom is 0.292 e. The van der Waals surface area contributed by atoms with Gasteiger partial charge in [0.1, 0.15) is 6.26 Å². The number of nitrogen functional groups attached to an aromatic ring is 1. The second kappa shape index (κ2) is 4.62. The van der Waals surface area contributed by atoms with Crippen molar-refractivity contribution >= 4 is 6.01 Å². The number of aryl methyl sites for hydroxylation is 4. The highest BCUT2D eigenvalue weighted by molar-refractivity contribution is 5.37. The summed E-state index contributed by atoms with van der Waals surface area (Å²) in [6.45, 7) is 6.45. The lowest BCUT2D eigenvalue weighted by Crippen LogP contribution is -1.98. The largest absolute Gasteiger partial charge is 0.432 e. The van der Waals surface area contributed by atoms with Gasteiger partial charge >= 0.3 is 0 Å². The lowest BCUT2D eigenvalue weighted by atomic mass is 9.96. The minimum atomic E-state index is 0.248. The number of hydrogen-bond acceptors (Lipinski definition) is 3. The Labute approximate surface area is 102 Å². The number of rotatable bonds is 3. The normalized spacial score (nSPS) is 10.8. The average molecular weight is 230 g/mol. The summed E-state index contributed by atoms with van der Waals surface area (Å²) in [6, 6.07) is 4.69. The fourth-order valence-corrected chi connectivity index (χ4v) is 2.29. The third-order valence-corrected chi connectivity index (χ3v) is 3.04. The molecular formula is C14H18N2O. The van der Waals surface area contributed by atoms with E-state index in [1.54, 1.807) is 6.26 Å². The molecule has 0 unspecified atom stereocenters. The molecule has 0 saturated carbocycles. The van der Waals surface area contributed by atoms with E-state index >= 15 is 0 Å². The first-order chi connectivity index (χ1) is 8.06. The van der Waals surface area contributed by atoms with Crippen molar-refractivity contribution in [1.29, 1.82) is 0 Å². The van der Waals surface area contributed by atoms with Crippen molar-refractivity contribution in [2.45, 2.75) is 33.6 Å². The van der Waals surface area contributed by atoms with Gasteiger partial charge in [0, 0.05) is 0 Å². The number of oxazole rings is 1. The van der Waals surface area contributed by atoms with Gasteiger partial charge in [0.25, 0.3) is 6.01 Å². The summed E-state index contributed by atoms with van der Waals surface area (Å²) in [5, 5.41) is 0. The smallest absolute Gasteiger partial charge is 0.292 e. The van der Waals surface area contributed by atoms with E-state index in [1.807, 2.05) is 0 Å². The fraction of sp³-hybridized carbons (Fsp3) is 0.357. The summed E-state index contributed by atoms with van der Waals surface area (Å²) >= 11 is 0. The number of anilines is 1. The molecule has 0 aliphatic heterocycles. The van der Waals surface area contributed by atoms with Crippen LogP contribution in [0.2, 0.25) is 0 Å². The zero-order valence-electron chi connectivity index (χ0n) is 10.6. The van der Waals surface area contributed by atoms with Crippen molar-refractivity contribution < 1.29 is 4.42 Å². The van der Waals surface area contributed by atoms with Gasteiger partial charge in [-0.05, 0) is 50.3 Å². The first-order valence-corrected chi connectivity index (χ1v) is 5.83. The van der Waals surface area contributed by atoms with E-state index in [0.717, 1.165) is 18.5 Å². The van der Waals surface area contributed by atoms with Gasteiger partial charge in [-0.1, -0.05) is 17.7 Å². The molecule has 0 aliphatic carbocycles. The molecule has 1 aromatic carbocycles. The molecule has 0 bridgehead atoms. The molecule has 0 aliphatic rings. The van der Waals surface area contributed by atoms with Gasteiger partial charge in [0.05, 0.1) is 5.69 Å². The van der Waals surface area contributed by atoms with Crippen LogP contribution in [0.25, 0.3) is 0 Å². The van der Waals surface area contributed by atoms with Crippen LogP contribution >= 0.6 is 0 Å². The monoisotopic (exact) mass is 230 g/mol. The predicted molar refractivity (Wildman–Crippen MR) is 69.0 cm³/mol. The SMILES string of the molecule is Cc1cc(C)c(CCc2coc(N)n2)c(C)c1. The van der Waals surface area contributed by atoms with Gasteiger partial charge < -0.3 is 10.2 Å². The summed E-state index contributed by atoms with van der Waals surface area (Å²) in [5.74, 6) is 0. The Morgan fingerprint density at radius 3 is 2.29 bits per heavy atom. The molecule has 1 aromatic heterocycles. The first-order valence-electron chi connectivity index (χ1n) is 5.83. The third-order valence-electron chi connectivity index (χ3n) is 3.04. The predicted octanol–water partition coefficient (Wildman–Crippen LogP) is 2.97. The van der Waals surface area contributed by atoms with Crippen LogP contribution in [0.15, 0.2) is 22.8 Å². The number of nitrogens with two attached hydrogens (primary N) is 1. The van der Waals surface area contributed by atoms with E-state index < -0.39 is 0 Å². The van der Waals surface area contributed by atoms with Gasteiger partial charge in [-0.3, -0.25) is 0 Å². The molecule has 0 spiro atoms. The first kappa shape index (κ1) is 11.7. The molecule has 2 rings (SSSR count). The van der Waals surface area contributed by atoms with Gasteiger partial charge in [0.2, 0.25) is 0 Å². The number of hydrogen-bond donors (Lipinski definition) is 1. The minimum absolute atomic E-state index is 0.248. The Bertz CT molecular complexity index is 506. The number of nitrogens with zero attached hydrogens (tertiary/aromatic N) is 1. The Kier molecular flexibility index (Phi) is 3.18. The summed E-state index contributed by atoms with van der Waals surface area (Å²) in [5.41, 5.74) is 11.8. The summed E-state index contributed by atoms with van der Waals surface area (Å²) < 4.78 is 5.00. The Balaban J connectivity index is 2.14. The molecule has 0 atom stereocenters. The molecule has 0 radical (unpaired) electrons. The van der Waals surface area contributed by atoms with Gasteiger partial charge in [-0.15, -0.1) is 0 Å². The highest BCUT2D eigenvalue weighted by Gasteiger charge is 2.06. The Hall–Kier alpha value is -1.77. The van der Waals surface area contributed by atoms with Gasteiger partial charge in [0.15, 0.2) is 0 Å². The van der Waals surface area contributed by atoms with Crippen molar-refractivity contribution in [2.24, 2.45) is 0 Å². The number of aromatic nitrogens is 1. The van der Waals surface area contributed by atoms with Crippen LogP contribution in [0, 0.1) is 20.8 Å². The molecule has 0 fully saturated rings. The van der Waals surface area contributed by atoms with Crippen molar-refractivity contribution in [2.75, 3.05) is 5.73 Å². The highest BCUT2D eigenvalue weighted by atomic mass is 16.4. The topological polar surface area (TPSA) is 52.0 Å². The molecule has 17 heavy (non-hydrogen) atoms. The summed E-state index contributed by atoms with van der Waals surface area (Å²) in [6.07, 6.45) is 3.48. The Morgan fingerprint density at radius 1 is 1.12 bits per heavy atom. The molecule has 3 nitrogen and oxygen atoms in total. The highest BCUT2D eigenvalue weighted by Crippen LogP contribution is 2.18. The third kappa shape index (κ3) is 2.67. The van der Waals surface area contributed by atoms with Crippen LogP contribution in [0.4, 0.5) is 6.01 Å². The van der Waals surface area contributed by atoms with E-state index in [4.69, 9.17) is 10.2 Å². The number of benzene rings is 1. The average Bonchev–Trinajstić information content (AvgIpc) is 2.62. The van der Waals surface area contributed by atoms with Crippen LogP contribution < -0.4 is 5.73 Å². The van der Waals surface area contributed by atoms with Crippen LogP contribution in [0.1, 0.15) is 27.9 Å². The summed E-state index contributed by atoms with van der Waals surface area (Å²) in [4.78, 5) is 4.11. The van der Waals surface area contributed by atoms with Crippen molar-refractivity contribution in [3.8, 4) is 0 Å². The maximum absolute atomic E-state index is 5.45. The van der Waals surface area contributed by atoms with Crippen LogP contribution in [-0.4, -0.2) is 4.98 Å². The second-order valence-corrected chi connectivity index (χ2v) is 4.55. The molecule has 1 heterocycles. The van der Waals surface area contributed by atoms with Crippen LogP contribution in [0.5, 0.6) is 0 Å². The molecule has 0 amide bonds. The lowest BCUT2D eigenvalue weighted by Gasteiger charge is -2.10. The quantitative estimate of drug-likeness (QED) is 0.882. The van der Waals surface area contributed by atoms with Crippen LogP contribution in [0.3, 0.4) is 0 Å². The van der Waals surface area contributed by atoms with E-state index in [1.165, 1.54) is 22.3 Å². The lowest BCUT2D eigenvalue weighted by molar-refractivity contribution is 0.578. The van der Waals surface area contributed by atoms with Gasteiger partial charge in [-0.25, -0.2) is 0 Å². The molecule has 2 N–H and O–H groups in total. The van der Waals surface area contributed by atoms with E-state index in [9.17, 15) is 0 Å². The molecular weight excluding hydrogens is 212 g/mol. The Morgan fingerprint density at radius 2 is 1.76 bits per heavy atom. The minimum Gasteiger partial charge on any atom is -0.432 e. The molecule has 0 saturated heterocycles. The molecule has 90 valence electrons. The zero-order valence-corrected chi connectivity index (χ0v) is 10.6. The van der Waals surface area contributed by atoms with E-state index in [-0.39, 0.29) is 6.01 Å². The van der Waals surface area contributed by atoms with Crippen molar-refractivity contribution in [3.05, 3.63) is 46.3 Å². The van der Waals surface area contributed by atoms with Crippen LogP contribution in [-0.2, 0) is 12.8 Å². The second-order valence-electron chi connectivity index (χ2n) is 4.55. The molecule has 2 aromatic rings. The van der Waals surface area contributed by atoms with Gasteiger partial charge in [-0.2, -0.15) is 4.98 Å². The zero-order chi connectivity index (χ0) is 12.4. The maximum atomic E-state index is 5.45. The fourth-order valence-electron chi connectivity index (χ4n) is 2.29. The van der Waals surface area contributed by atoms with Crippen molar-refractivity contribution in [1.82, 2.24) is 4.98 Å². The summed E-state index contributed by atoms with van der Waals surface area (Å²) in [7, 11) is 0. The van der Waals surface area contributed by atoms with Crippen molar-refractivity contribution in [3.63, 3.8) is 0 Å². The standard InChI is InChI=1S/C14H18N2O/c1-9-6-10(2)13(11(3)7-9)5-4-12-8-17-14(15)16-12/h6-8H,4-5H2,1-3H3,(H2,15,16). The van der Waals surface area contributed by atoms with E-state index in [0.29, 0.717) is 0 Å².